The van der Waals surface area contributed by atoms with Crippen LogP contribution < -0.4 is 10.2 Å². The molecule has 1 fully saturated rings. The molecule has 0 radical (unpaired) electrons. The number of thiophene rings is 1. The van der Waals surface area contributed by atoms with Crippen molar-refractivity contribution in [3.05, 3.63) is 41.8 Å². The first-order chi connectivity index (χ1) is 11.1. The maximum absolute atomic E-state index is 12.0. The van der Waals surface area contributed by atoms with Crippen LogP contribution in [0.4, 0.5) is 11.4 Å². The number of hydrogen-bond acceptors (Lipinski definition) is 4. The zero-order valence-corrected chi connectivity index (χ0v) is 14.0. The lowest BCUT2D eigenvalue weighted by Crippen LogP contribution is -2.24. The summed E-state index contributed by atoms with van der Waals surface area (Å²) < 4.78 is 12.7. The molecule has 23 heavy (non-hydrogen) atoms. The summed E-state index contributed by atoms with van der Waals surface area (Å²) >= 11 is 1.37. The van der Waals surface area contributed by atoms with Crippen molar-refractivity contribution in [1.29, 1.82) is 0 Å². The lowest BCUT2D eigenvalue weighted by molar-refractivity contribution is -0.117. The van der Waals surface area contributed by atoms with Crippen molar-refractivity contribution < 1.29 is 13.8 Å². The Morgan fingerprint density at radius 2 is 2.17 bits per heavy atom. The summed E-state index contributed by atoms with van der Waals surface area (Å²) in [6.07, 6.45) is 1.42. The summed E-state index contributed by atoms with van der Waals surface area (Å²) in [7, 11) is -1.33. The lowest BCUT2D eigenvalue weighted by Gasteiger charge is -2.16. The zero-order valence-electron chi connectivity index (χ0n) is 12.4. The van der Waals surface area contributed by atoms with Crippen molar-refractivity contribution in [1.82, 2.24) is 0 Å². The average Bonchev–Trinajstić information content (AvgIpc) is 3.18. The van der Waals surface area contributed by atoms with E-state index in [-0.39, 0.29) is 17.6 Å². The monoisotopic (exact) mass is 348 g/mol. The zero-order chi connectivity index (χ0) is 16.2. The minimum absolute atomic E-state index is 0.0760. The van der Waals surface area contributed by atoms with Crippen LogP contribution in [0, 0.1) is 0 Å². The highest BCUT2D eigenvalue weighted by atomic mass is 32.2. The number of nitrogens with zero attached hydrogens (tertiary/aromatic N) is 1. The second-order valence-corrected chi connectivity index (χ2v) is 7.80. The molecule has 7 heteroatoms. The van der Waals surface area contributed by atoms with Gasteiger partial charge in [-0.3, -0.25) is 13.8 Å². The molecule has 0 spiro atoms. The lowest BCUT2D eigenvalue weighted by atomic mass is 10.2. The summed E-state index contributed by atoms with van der Waals surface area (Å²) in [5.74, 6) is -0.276. The molecule has 0 aliphatic carbocycles. The second-order valence-electron chi connectivity index (χ2n) is 5.17. The standard InChI is InChI=1S/C16H16N2O3S2/c19-14(11-23(21)16-7-3-9-22-16)17-12-4-1-5-13(10-12)18-8-2-6-15(18)20/h1,3-5,7,9-10H,2,6,8,11H2,(H,17,19)/t23-/m1/s1. The van der Waals surface area contributed by atoms with E-state index in [4.69, 9.17) is 0 Å². The predicted octanol–water partition coefficient (Wildman–Crippen LogP) is 2.62. The van der Waals surface area contributed by atoms with Crippen LogP contribution in [0.1, 0.15) is 12.8 Å². The molecule has 1 atom stereocenters. The highest BCUT2D eigenvalue weighted by molar-refractivity contribution is 7.88. The van der Waals surface area contributed by atoms with Crippen LogP contribution in [0.5, 0.6) is 0 Å². The van der Waals surface area contributed by atoms with Crippen molar-refractivity contribution in [2.45, 2.75) is 17.1 Å². The number of carbonyl (C=O) groups is 2. The summed E-state index contributed by atoms with van der Waals surface area (Å²) in [5, 5.41) is 4.58. The fourth-order valence-electron chi connectivity index (χ4n) is 2.45. The Hall–Kier alpha value is -1.99. The van der Waals surface area contributed by atoms with E-state index < -0.39 is 10.8 Å². The third-order valence-electron chi connectivity index (χ3n) is 3.50. The van der Waals surface area contributed by atoms with Crippen molar-refractivity contribution in [2.24, 2.45) is 0 Å². The first-order valence-corrected chi connectivity index (χ1v) is 9.45. The van der Waals surface area contributed by atoms with E-state index in [1.165, 1.54) is 11.3 Å². The van der Waals surface area contributed by atoms with E-state index in [1.54, 1.807) is 29.2 Å². The van der Waals surface area contributed by atoms with Crippen LogP contribution in [0.15, 0.2) is 46.0 Å². The minimum atomic E-state index is -1.33. The highest BCUT2D eigenvalue weighted by Gasteiger charge is 2.21. The largest absolute Gasteiger partial charge is 0.325 e. The maximum atomic E-state index is 12.0. The molecule has 5 nitrogen and oxygen atoms in total. The van der Waals surface area contributed by atoms with Gasteiger partial charge >= 0.3 is 0 Å². The Balaban J connectivity index is 1.64. The van der Waals surface area contributed by atoms with E-state index >= 15 is 0 Å². The van der Waals surface area contributed by atoms with Crippen LogP contribution in [0.2, 0.25) is 0 Å². The smallest absolute Gasteiger partial charge is 0.237 e. The molecule has 1 aromatic heterocycles. The number of rotatable bonds is 5. The Bertz CT molecular complexity index is 744. The first-order valence-electron chi connectivity index (χ1n) is 7.25. The van der Waals surface area contributed by atoms with Gasteiger partial charge < -0.3 is 10.2 Å². The molecule has 1 aromatic carbocycles. The van der Waals surface area contributed by atoms with E-state index in [0.29, 0.717) is 22.9 Å². The molecule has 0 bridgehead atoms. The third-order valence-corrected chi connectivity index (χ3v) is 6.11. The normalized spacial score (nSPS) is 15.7. The topological polar surface area (TPSA) is 66.5 Å². The van der Waals surface area contributed by atoms with Crippen LogP contribution >= 0.6 is 11.3 Å². The molecular weight excluding hydrogens is 332 g/mol. The molecule has 1 N–H and O–H groups in total. The number of anilines is 2. The van der Waals surface area contributed by atoms with Gasteiger partial charge in [0.2, 0.25) is 11.8 Å². The highest BCUT2D eigenvalue weighted by Crippen LogP contribution is 2.24. The van der Waals surface area contributed by atoms with Gasteiger partial charge in [0, 0.05) is 24.3 Å². The SMILES string of the molecule is O=C(C[S@@](=O)c1cccs1)Nc1cccc(N2CCCC2=O)c1. The van der Waals surface area contributed by atoms with Crippen LogP contribution in [-0.2, 0) is 20.4 Å². The van der Waals surface area contributed by atoms with Gasteiger partial charge in [0.05, 0.1) is 15.0 Å². The van der Waals surface area contributed by atoms with E-state index in [2.05, 4.69) is 5.32 Å². The minimum Gasteiger partial charge on any atom is -0.325 e. The van der Waals surface area contributed by atoms with Gasteiger partial charge in [-0.2, -0.15) is 0 Å². The van der Waals surface area contributed by atoms with E-state index in [9.17, 15) is 13.8 Å². The summed E-state index contributed by atoms with van der Waals surface area (Å²) in [6.45, 7) is 0.707. The van der Waals surface area contributed by atoms with Gasteiger partial charge in [0.1, 0.15) is 5.75 Å². The van der Waals surface area contributed by atoms with Crippen LogP contribution in [0.25, 0.3) is 0 Å². The number of amides is 2. The van der Waals surface area contributed by atoms with Crippen LogP contribution in [0.3, 0.4) is 0 Å². The van der Waals surface area contributed by atoms with Gasteiger partial charge in [-0.05, 0) is 36.1 Å². The second kappa shape index (κ2) is 7.06. The van der Waals surface area contributed by atoms with Gasteiger partial charge in [-0.15, -0.1) is 11.3 Å². The number of benzene rings is 1. The first kappa shape index (κ1) is 15.9. The quantitative estimate of drug-likeness (QED) is 0.903. The van der Waals surface area contributed by atoms with Crippen molar-refractivity contribution in [3.8, 4) is 0 Å². The number of nitrogens with one attached hydrogen (secondary N) is 1. The van der Waals surface area contributed by atoms with Crippen molar-refractivity contribution in [2.75, 3.05) is 22.5 Å². The molecule has 1 saturated heterocycles. The predicted molar refractivity (Wildman–Crippen MR) is 92.3 cm³/mol. The molecule has 3 rings (SSSR count). The van der Waals surface area contributed by atoms with E-state index in [1.807, 2.05) is 17.5 Å². The fourth-order valence-corrected chi connectivity index (χ4v) is 4.36. The third kappa shape index (κ3) is 3.86. The molecule has 120 valence electrons. The number of carbonyl (C=O) groups excluding carboxylic acids is 2. The molecule has 0 saturated carbocycles. The fraction of sp³-hybridized carbons (Fsp3) is 0.250. The van der Waals surface area contributed by atoms with Gasteiger partial charge in [-0.25, -0.2) is 0 Å². The van der Waals surface area contributed by atoms with Crippen LogP contribution in [-0.4, -0.2) is 28.3 Å². The molecule has 2 heterocycles. The van der Waals surface area contributed by atoms with Gasteiger partial charge in [-0.1, -0.05) is 12.1 Å². The Kier molecular flexibility index (Phi) is 4.88. The van der Waals surface area contributed by atoms with Crippen molar-refractivity contribution >= 4 is 45.3 Å². The summed E-state index contributed by atoms with van der Waals surface area (Å²) in [5.41, 5.74) is 1.39. The molecule has 2 aromatic rings. The molecule has 0 unspecified atom stereocenters. The average molecular weight is 348 g/mol. The summed E-state index contributed by atoms with van der Waals surface area (Å²) in [4.78, 5) is 25.5. The van der Waals surface area contributed by atoms with Crippen molar-refractivity contribution in [3.63, 3.8) is 0 Å². The molecular formula is C16H16N2O3S2. The Labute approximate surface area is 140 Å². The van der Waals surface area contributed by atoms with Gasteiger partial charge in [0.25, 0.3) is 0 Å². The molecule has 2 amide bonds. The number of hydrogen-bond donors (Lipinski definition) is 1. The summed E-state index contributed by atoms with van der Waals surface area (Å²) in [6, 6.07) is 10.8. The Morgan fingerprint density at radius 1 is 1.30 bits per heavy atom. The Morgan fingerprint density at radius 3 is 2.87 bits per heavy atom. The van der Waals surface area contributed by atoms with Gasteiger partial charge in [0.15, 0.2) is 0 Å². The maximum Gasteiger partial charge on any atom is 0.237 e. The molecule has 1 aliphatic heterocycles. The van der Waals surface area contributed by atoms with E-state index in [0.717, 1.165) is 12.1 Å². The molecule has 1 aliphatic rings.